The first-order valence-corrected chi connectivity index (χ1v) is 5.08. The second kappa shape index (κ2) is 6.61. The third kappa shape index (κ3) is 4.54. The fourth-order valence-corrected chi connectivity index (χ4v) is 1.30. The summed E-state index contributed by atoms with van der Waals surface area (Å²) in [6, 6.07) is 3.30. The average molecular weight is 283 g/mol. The van der Waals surface area contributed by atoms with E-state index in [0.717, 1.165) is 12.1 Å². The van der Waals surface area contributed by atoms with E-state index >= 15 is 0 Å². The number of nitrogens with two attached hydrogens (primary N) is 1. The largest absolute Gasteiger partial charge is 0.416 e. The van der Waals surface area contributed by atoms with Crippen LogP contribution < -0.4 is 11.1 Å². The molecule has 0 radical (unpaired) electrons. The van der Waals surface area contributed by atoms with Crippen molar-refractivity contribution in [3.8, 4) is 0 Å². The minimum atomic E-state index is -4.45. The van der Waals surface area contributed by atoms with Crippen molar-refractivity contribution in [3.05, 3.63) is 29.3 Å². The molecule has 0 unspecified atom stereocenters. The van der Waals surface area contributed by atoms with Gasteiger partial charge in [0.05, 0.1) is 5.56 Å². The van der Waals surface area contributed by atoms with E-state index < -0.39 is 11.7 Å². The first-order valence-electron chi connectivity index (χ1n) is 5.08. The quantitative estimate of drug-likeness (QED) is 0.895. The van der Waals surface area contributed by atoms with Crippen molar-refractivity contribution in [2.24, 2.45) is 5.73 Å². The summed E-state index contributed by atoms with van der Waals surface area (Å²) in [5, 5.41) is 2.38. The van der Waals surface area contributed by atoms with Crippen LogP contribution in [-0.4, -0.2) is 5.91 Å². The van der Waals surface area contributed by atoms with Gasteiger partial charge >= 0.3 is 6.18 Å². The Hall–Kier alpha value is -1.27. The van der Waals surface area contributed by atoms with Gasteiger partial charge in [0.15, 0.2) is 0 Å². The van der Waals surface area contributed by atoms with Crippen LogP contribution in [0.5, 0.6) is 0 Å². The predicted octanol–water partition coefficient (Wildman–Crippen LogP) is 2.93. The number of halogens is 4. The molecular formula is C11H14ClF3N2O. The van der Waals surface area contributed by atoms with E-state index in [-0.39, 0.29) is 37.0 Å². The summed E-state index contributed by atoms with van der Waals surface area (Å²) in [5.41, 5.74) is 4.94. The smallest absolute Gasteiger partial charge is 0.326 e. The zero-order valence-corrected chi connectivity index (χ0v) is 10.5. The lowest BCUT2D eigenvalue weighted by atomic mass is 10.1. The van der Waals surface area contributed by atoms with Crippen molar-refractivity contribution in [1.29, 1.82) is 0 Å². The number of carbonyl (C=O) groups excluding carboxylic acids is 1. The molecule has 1 rings (SSSR count). The zero-order chi connectivity index (χ0) is 13.1. The molecule has 0 heterocycles. The molecule has 0 aliphatic heterocycles. The normalized spacial score (nSPS) is 10.7. The molecule has 1 aromatic rings. The number of carbonyl (C=O) groups is 1. The summed E-state index contributed by atoms with van der Waals surface area (Å²) in [6.45, 7) is 1.60. The van der Waals surface area contributed by atoms with Crippen LogP contribution in [0.1, 0.15) is 24.5 Å². The average Bonchev–Trinajstić information content (AvgIpc) is 2.27. The third-order valence-corrected chi connectivity index (χ3v) is 2.16. The van der Waals surface area contributed by atoms with Crippen LogP contribution in [-0.2, 0) is 17.5 Å². The maximum Gasteiger partial charge on any atom is 0.416 e. The van der Waals surface area contributed by atoms with Crippen molar-refractivity contribution >= 4 is 24.0 Å². The van der Waals surface area contributed by atoms with Gasteiger partial charge in [0, 0.05) is 18.7 Å². The Labute approximate surface area is 109 Å². The first-order chi connectivity index (χ1) is 7.86. The highest BCUT2D eigenvalue weighted by atomic mass is 35.5. The Morgan fingerprint density at radius 2 is 1.94 bits per heavy atom. The molecule has 0 spiro atoms. The number of anilines is 1. The van der Waals surface area contributed by atoms with Crippen LogP contribution in [0.4, 0.5) is 18.9 Å². The van der Waals surface area contributed by atoms with E-state index in [9.17, 15) is 18.0 Å². The lowest BCUT2D eigenvalue weighted by molar-refractivity contribution is -0.137. The van der Waals surface area contributed by atoms with Crippen molar-refractivity contribution in [3.63, 3.8) is 0 Å². The molecule has 0 aromatic heterocycles. The molecule has 3 N–H and O–H groups in total. The number of amides is 1. The van der Waals surface area contributed by atoms with Gasteiger partial charge in [-0.3, -0.25) is 4.79 Å². The van der Waals surface area contributed by atoms with Gasteiger partial charge in [-0.05, 0) is 23.8 Å². The molecule has 0 saturated heterocycles. The Bertz CT molecular complexity index is 421. The molecule has 1 aromatic carbocycles. The highest BCUT2D eigenvalue weighted by molar-refractivity contribution is 5.90. The van der Waals surface area contributed by atoms with Gasteiger partial charge in [0.25, 0.3) is 0 Å². The maximum absolute atomic E-state index is 12.6. The summed E-state index contributed by atoms with van der Waals surface area (Å²) < 4.78 is 37.7. The lowest BCUT2D eigenvalue weighted by Gasteiger charge is -2.12. The van der Waals surface area contributed by atoms with E-state index in [1.165, 1.54) is 6.07 Å². The first kappa shape index (κ1) is 16.7. The molecule has 3 nitrogen and oxygen atoms in total. The van der Waals surface area contributed by atoms with E-state index in [4.69, 9.17) is 5.73 Å². The zero-order valence-electron chi connectivity index (χ0n) is 9.67. The van der Waals surface area contributed by atoms with E-state index in [1.807, 2.05) is 0 Å². The third-order valence-electron chi connectivity index (χ3n) is 2.16. The molecule has 0 saturated carbocycles. The summed E-state index contributed by atoms with van der Waals surface area (Å²) >= 11 is 0. The van der Waals surface area contributed by atoms with Gasteiger partial charge < -0.3 is 11.1 Å². The summed E-state index contributed by atoms with van der Waals surface area (Å²) in [7, 11) is 0. The molecule has 0 fully saturated rings. The number of alkyl halides is 3. The highest BCUT2D eigenvalue weighted by Crippen LogP contribution is 2.31. The fraction of sp³-hybridized carbons (Fsp3) is 0.364. The number of hydrogen-bond acceptors (Lipinski definition) is 2. The number of hydrogen-bond donors (Lipinski definition) is 2. The van der Waals surface area contributed by atoms with Gasteiger partial charge in [-0.25, -0.2) is 0 Å². The number of rotatable bonds is 3. The van der Waals surface area contributed by atoms with E-state index in [2.05, 4.69) is 5.32 Å². The number of benzene rings is 1. The van der Waals surface area contributed by atoms with Gasteiger partial charge in [-0.2, -0.15) is 13.2 Å². The standard InChI is InChI=1S/C11H13F3N2O.ClH/c1-2-10(17)16-9-4-7(6-15)3-8(5-9)11(12,13)14;/h3-5H,2,6,15H2,1H3,(H,16,17);1H. The maximum atomic E-state index is 12.6. The van der Waals surface area contributed by atoms with Gasteiger partial charge in [-0.1, -0.05) is 6.92 Å². The van der Waals surface area contributed by atoms with Gasteiger partial charge in [0.2, 0.25) is 5.91 Å². The SMILES string of the molecule is CCC(=O)Nc1cc(CN)cc(C(F)(F)F)c1.Cl. The van der Waals surface area contributed by atoms with Gasteiger partial charge in [-0.15, -0.1) is 12.4 Å². The molecule has 102 valence electrons. The molecular weight excluding hydrogens is 269 g/mol. The Morgan fingerprint density at radius 3 is 2.39 bits per heavy atom. The molecule has 1 amide bonds. The van der Waals surface area contributed by atoms with Crippen molar-refractivity contribution in [1.82, 2.24) is 0 Å². The summed E-state index contributed by atoms with van der Waals surface area (Å²) in [6.07, 6.45) is -4.24. The highest BCUT2D eigenvalue weighted by Gasteiger charge is 2.31. The molecule has 0 bridgehead atoms. The minimum absolute atomic E-state index is 0. The van der Waals surface area contributed by atoms with Crippen LogP contribution in [0.3, 0.4) is 0 Å². The van der Waals surface area contributed by atoms with Crippen molar-refractivity contribution < 1.29 is 18.0 Å². The number of nitrogens with one attached hydrogen (secondary N) is 1. The second-order valence-corrected chi connectivity index (χ2v) is 3.52. The van der Waals surface area contributed by atoms with Crippen LogP contribution in [0.15, 0.2) is 18.2 Å². The summed E-state index contributed by atoms with van der Waals surface area (Å²) in [4.78, 5) is 11.1. The molecule has 18 heavy (non-hydrogen) atoms. The topological polar surface area (TPSA) is 55.1 Å². The minimum Gasteiger partial charge on any atom is -0.326 e. The lowest BCUT2D eigenvalue weighted by Crippen LogP contribution is -2.13. The van der Waals surface area contributed by atoms with Crippen LogP contribution >= 0.6 is 12.4 Å². The Morgan fingerprint density at radius 1 is 1.33 bits per heavy atom. The molecule has 7 heteroatoms. The molecule has 0 aliphatic rings. The van der Waals surface area contributed by atoms with E-state index in [1.54, 1.807) is 6.92 Å². The Balaban J connectivity index is 0.00000289. The van der Waals surface area contributed by atoms with Crippen molar-refractivity contribution in [2.75, 3.05) is 5.32 Å². The van der Waals surface area contributed by atoms with Crippen LogP contribution in [0.25, 0.3) is 0 Å². The van der Waals surface area contributed by atoms with E-state index in [0.29, 0.717) is 5.56 Å². The second-order valence-electron chi connectivity index (χ2n) is 3.52. The van der Waals surface area contributed by atoms with Crippen LogP contribution in [0.2, 0.25) is 0 Å². The molecule has 0 atom stereocenters. The van der Waals surface area contributed by atoms with Crippen molar-refractivity contribution in [2.45, 2.75) is 26.1 Å². The van der Waals surface area contributed by atoms with Gasteiger partial charge in [0.1, 0.15) is 0 Å². The fourth-order valence-electron chi connectivity index (χ4n) is 1.30. The molecule has 0 aliphatic carbocycles. The summed E-state index contributed by atoms with van der Waals surface area (Å²) in [5.74, 6) is -0.340. The Kier molecular flexibility index (Phi) is 6.14. The predicted molar refractivity (Wildman–Crippen MR) is 65.5 cm³/mol. The van der Waals surface area contributed by atoms with Crippen LogP contribution in [0, 0.1) is 0 Å². The monoisotopic (exact) mass is 282 g/mol.